The van der Waals surface area contributed by atoms with Crippen LogP contribution in [0.15, 0.2) is 24.3 Å². The van der Waals surface area contributed by atoms with Crippen molar-refractivity contribution in [3.63, 3.8) is 0 Å². The molecule has 1 aromatic carbocycles. The smallest absolute Gasteiger partial charge is 0.408 e. The van der Waals surface area contributed by atoms with E-state index in [1.807, 2.05) is 0 Å². The summed E-state index contributed by atoms with van der Waals surface area (Å²) < 4.78 is 5.36. The normalized spacial score (nSPS) is 12.3. The zero-order valence-electron chi connectivity index (χ0n) is 23.3. The second kappa shape index (κ2) is 19.4. The topological polar surface area (TPSA) is 75.6 Å². The minimum Gasteiger partial charge on any atom is -0.508 e. The fourth-order valence-corrected chi connectivity index (χ4v) is 5.05. The molecule has 0 saturated heterocycles. The number of Topliss-reactive ketones (excluding diaryl/α,β-unsaturated/α-hetero) is 1. The maximum atomic E-state index is 12.9. The van der Waals surface area contributed by atoms with Crippen LogP contribution in [0.4, 0.5) is 4.79 Å². The van der Waals surface area contributed by atoms with Crippen LogP contribution in [-0.2, 0) is 16.0 Å². The largest absolute Gasteiger partial charge is 0.508 e. The van der Waals surface area contributed by atoms with E-state index in [1.54, 1.807) is 45.0 Å². The molecule has 0 radical (unpaired) electrons. The third kappa shape index (κ3) is 17.7. The standard InChI is InChI=1S/C30H51NO4S/c1-5-6-7-8-12-15-22-36-23-16-13-10-9-11-14-17-28(33)27(31-29(34)35-30(2,3)4)24-25-18-20-26(32)21-19-25/h18-21,27,32H,5-17,22-24H2,1-4H3,(H,31,34). The number of benzene rings is 1. The number of hydrogen-bond donors (Lipinski definition) is 2. The van der Waals surface area contributed by atoms with Crippen LogP contribution in [0.5, 0.6) is 5.75 Å². The number of rotatable bonds is 20. The van der Waals surface area contributed by atoms with Gasteiger partial charge in [0, 0.05) is 6.42 Å². The van der Waals surface area contributed by atoms with Gasteiger partial charge < -0.3 is 15.2 Å². The average Bonchev–Trinajstić information content (AvgIpc) is 2.81. The highest BCUT2D eigenvalue weighted by Crippen LogP contribution is 2.16. The second-order valence-corrected chi connectivity index (χ2v) is 12.0. The highest BCUT2D eigenvalue weighted by molar-refractivity contribution is 7.99. The van der Waals surface area contributed by atoms with Gasteiger partial charge in [-0.1, -0.05) is 76.8 Å². The van der Waals surface area contributed by atoms with E-state index in [1.165, 1.54) is 69.3 Å². The van der Waals surface area contributed by atoms with E-state index < -0.39 is 17.7 Å². The number of alkyl carbamates (subject to hydrolysis) is 1. The number of thioether (sulfide) groups is 1. The monoisotopic (exact) mass is 521 g/mol. The quantitative estimate of drug-likeness (QED) is 0.169. The molecule has 6 heteroatoms. The number of carbonyl (C=O) groups is 2. The number of nitrogens with one attached hydrogen (secondary N) is 1. The molecule has 0 aromatic heterocycles. The Bertz CT molecular complexity index is 715. The Morgan fingerprint density at radius 3 is 1.94 bits per heavy atom. The molecule has 0 spiro atoms. The van der Waals surface area contributed by atoms with Crippen LogP contribution in [0.25, 0.3) is 0 Å². The molecule has 0 fully saturated rings. The van der Waals surface area contributed by atoms with Crippen LogP contribution in [0.1, 0.15) is 117 Å². The van der Waals surface area contributed by atoms with E-state index in [0.29, 0.717) is 12.8 Å². The molecule has 0 aliphatic rings. The summed E-state index contributed by atoms with van der Waals surface area (Å²) in [6, 6.07) is 6.11. The molecule has 0 bridgehead atoms. The van der Waals surface area contributed by atoms with E-state index in [9.17, 15) is 14.7 Å². The highest BCUT2D eigenvalue weighted by atomic mass is 32.2. The molecule has 5 nitrogen and oxygen atoms in total. The van der Waals surface area contributed by atoms with Gasteiger partial charge in [-0.3, -0.25) is 4.79 Å². The van der Waals surface area contributed by atoms with Gasteiger partial charge in [0.25, 0.3) is 0 Å². The van der Waals surface area contributed by atoms with Gasteiger partial charge in [-0.05, 0) is 75.7 Å². The van der Waals surface area contributed by atoms with E-state index in [0.717, 1.165) is 24.8 Å². The number of carbonyl (C=O) groups excluding carboxylic acids is 2. The Morgan fingerprint density at radius 1 is 0.861 bits per heavy atom. The first-order valence-corrected chi connectivity index (χ1v) is 15.2. The molecular formula is C30H51NO4S. The lowest BCUT2D eigenvalue weighted by atomic mass is 9.98. The fourth-order valence-electron chi connectivity index (χ4n) is 4.03. The van der Waals surface area contributed by atoms with Crippen molar-refractivity contribution >= 4 is 23.6 Å². The maximum Gasteiger partial charge on any atom is 0.408 e. The summed E-state index contributed by atoms with van der Waals surface area (Å²) in [5, 5.41) is 12.3. The first kappa shape index (κ1) is 32.3. The number of phenols is 1. The van der Waals surface area contributed by atoms with E-state index in [4.69, 9.17) is 4.74 Å². The van der Waals surface area contributed by atoms with Gasteiger partial charge >= 0.3 is 6.09 Å². The Hall–Kier alpha value is -1.69. The van der Waals surface area contributed by atoms with Crippen LogP contribution in [0, 0.1) is 0 Å². The van der Waals surface area contributed by atoms with Gasteiger partial charge in [0.05, 0.1) is 6.04 Å². The molecule has 36 heavy (non-hydrogen) atoms. The highest BCUT2D eigenvalue weighted by Gasteiger charge is 2.24. The molecule has 2 N–H and O–H groups in total. The molecule has 0 saturated carbocycles. The van der Waals surface area contributed by atoms with Crippen LogP contribution in [0.3, 0.4) is 0 Å². The molecule has 0 aliphatic carbocycles. The third-order valence-corrected chi connectivity index (χ3v) is 7.21. The van der Waals surface area contributed by atoms with Gasteiger partial charge in [0.2, 0.25) is 0 Å². The van der Waals surface area contributed by atoms with Crippen molar-refractivity contribution < 1.29 is 19.4 Å². The molecule has 0 aliphatic heterocycles. The van der Waals surface area contributed by atoms with Crippen LogP contribution >= 0.6 is 11.8 Å². The lowest BCUT2D eigenvalue weighted by Crippen LogP contribution is -2.44. The molecule has 1 amide bonds. The third-order valence-electron chi connectivity index (χ3n) is 6.06. The summed E-state index contributed by atoms with van der Waals surface area (Å²) in [5.41, 5.74) is 0.264. The minimum absolute atomic E-state index is 0.0278. The molecule has 206 valence electrons. The summed E-state index contributed by atoms with van der Waals surface area (Å²) >= 11 is 2.10. The summed E-state index contributed by atoms with van der Waals surface area (Å²) in [4.78, 5) is 25.2. The number of hydrogen-bond acceptors (Lipinski definition) is 5. The number of amides is 1. The predicted molar refractivity (Wildman–Crippen MR) is 153 cm³/mol. The van der Waals surface area contributed by atoms with Crippen LogP contribution in [-0.4, -0.2) is 40.1 Å². The lowest BCUT2D eigenvalue weighted by Gasteiger charge is -2.23. The van der Waals surface area contributed by atoms with Crippen molar-refractivity contribution in [1.29, 1.82) is 0 Å². The molecule has 1 atom stereocenters. The van der Waals surface area contributed by atoms with Gasteiger partial charge in [-0.15, -0.1) is 0 Å². The summed E-state index contributed by atoms with van der Waals surface area (Å²) in [6.07, 6.45) is 15.3. The number of ketones is 1. The average molecular weight is 522 g/mol. The lowest BCUT2D eigenvalue weighted by molar-refractivity contribution is -0.121. The van der Waals surface area contributed by atoms with Gasteiger partial charge in [-0.25, -0.2) is 4.79 Å². The van der Waals surface area contributed by atoms with Crippen molar-refractivity contribution in [1.82, 2.24) is 5.32 Å². The van der Waals surface area contributed by atoms with Crippen LogP contribution < -0.4 is 5.32 Å². The Kier molecular flexibility index (Phi) is 17.4. The number of phenolic OH excluding ortho intramolecular Hbond substituents is 1. The van der Waals surface area contributed by atoms with Crippen LogP contribution in [0.2, 0.25) is 0 Å². The van der Waals surface area contributed by atoms with Gasteiger partial charge in [0.1, 0.15) is 11.4 Å². The van der Waals surface area contributed by atoms with Gasteiger partial charge in [-0.2, -0.15) is 11.8 Å². The van der Waals surface area contributed by atoms with Crippen molar-refractivity contribution in [2.75, 3.05) is 11.5 Å². The zero-order valence-corrected chi connectivity index (χ0v) is 24.1. The number of aromatic hydroxyl groups is 1. The molecule has 1 unspecified atom stereocenters. The molecular weight excluding hydrogens is 470 g/mol. The predicted octanol–water partition coefficient (Wildman–Crippen LogP) is 8.22. The minimum atomic E-state index is -0.631. The maximum absolute atomic E-state index is 12.9. The second-order valence-electron chi connectivity index (χ2n) is 10.8. The molecule has 1 rings (SSSR count). The molecule has 1 aromatic rings. The van der Waals surface area contributed by atoms with E-state index in [-0.39, 0.29) is 11.5 Å². The number of ether oxygens (including phenoxy) is 1. The van der Waals surface area contributed by atoms with Crippen molar-refractivity contribution in [2.24, 2.45) is 0 Å². The Morgan fingerprint density at radius 2 is 1.39 bits per heavy atom. The van der Waals surface area contributed by atoms with Crippen molar-refractivity contribution in [2.45, 2.75) is 129 Å². The Labute approximate surface area is 224 Å². The SMILES string of the molecule is CCCCCCCCSCCCCCCCCC(=O)C(Cc1ccc(O)cc1)NC(=O)OC(C)(C)C. The fraction of sp³-hybridized carbons (Fsp3) is 0.733. The van der Waals surface area contributed by atoms with E-state index >= 15 is 0 Å². The summed E-state index contributed by atoms with van der Waals surface area (Å²) in [7, 11) is 0. The molecule has 0 heterocycles. The first-order chi connectivity index (χ1) is 17.2. The van der Waals surface area contributed by atoms with Crippen molar-refractivity contribution in [3.8, 4) is 5.75 Å². The summed E-state index contributed by atoms with van der Waals surface area (Å²) in [5.74, 6) is 2.78. The Balaban J connectivity index is 2.23. The zero-order chi connectivity index (χ0) is 26.7. The van der Waals surface area contributed by atoms with E-state index in [2.05, 4.69) is 24.0 Å². The van der Waals surface area contributed by atoms with Crippen molar-refractivity contribution in [3.05, 3.63) is 29.8 Å². The van der Waals surface area contributed by atoms with Gasteiger partial charge in [0.15, 0.2) is 5.78 Å². The first-order valence-electron chi connectivity index (χ1n) is 14.1. The number of unbranched alkanes of at least 4 members (excludes halogenated alkanes) is 10. The summed E-state index contributed by atoms with van der Waals surface area (Å²) in [6.45, 7) is 7.67.